The Morgan fingerprint density at radius 3 is 1.93 bits per heavy atom. The predicted molar refractivity (Wildman–Crippen MR) is 138 cm³/mol. The van der Waals surface area contributed by atoms with Crippen molar-refractivity contribution in [1.82, 2.24) is 0 Å². The molecule has 156 valence electrons. The summed E-state index contributed by atoms with van der Waals surface area (Å²) < 4.78 is 0. The summed E-state index contributed by atoms with van der Waals surface area (Å²) in [7, 11) is -2.78. The molecule has 1 atom stereocenters. The summed E-state index contributed by atoms with van der Waals surface area (Å²) in [5, 5.41) is 3.22. The molecule has 0 fully saturated rings. The summed E-state index contributed by atoms with van der Waals surface area (Å²) in [5.41, 5.74) is 9.14. The minimum absolute atomic E-state index is 0.672. The Balaban J connectivity index is 2.29. The average Bonchev–Trinajstić information content (AvgIpc) is 3.08. The van der Waals surface area contributed by atoms with Gasteiger partial charge in [-0.15, -0.1) is 0 Å². The average molecular weight is 421 g/mol. The molecule has 1 aliphatic rings. The molecule has 0 aliphatic heterocycles. The molecule has 2 heteroatoms. The minimum atomic E-state index is -1.39. The maximum absolute atomic E-state index is 2.55. The molecule has 3 rings (SSSR count). The number of fused-ring (bicyclic) bond motifs is 1. The number of aryl methyl sites for hydroxylation is 1. The van der Waals surface area contributed by atoms with E-state index in [1.165, 1.54) is 34.2 Å². The molecule has 0 N–H and O–H groups in total. The molecule has 0 heterocycles. The van der Waals surface area contributed by atoms with Crippen molar-refractivity contribution in [1.29, 1.82) is 0 Å². The van der Waals surface area contributed by atoms with Gasteiger partial charge in [0, 0.05) is 0 Å². The zero-order chi connectivity index (χ0) is 21.6. The lowest BCUT2D eigenvalue weighted by Gasteiger charge is -2.25. The Morgan fingerprint density at radius 2 is 1.45 bits per heavy atom. The number of hydrogen-bond donors (Lipinski definition) is 0. The highest BCUT2D eigenvalue weighted by Gasteiger charge is 2.26. The monoisotopic (exact) mass is 420 g/mol. The van der Waals surface area contributed by atoms with E-state index in [2.05, 4.69) is 96.5 Å². The van der Waals surface area contributed by atoms with Crippen LogP contribution in [-0.4, -0.2) is 16.1 Å². The third-order valence-corrected chi connectivity index (χ3v) is 10.8. The SMILES string of the molecule is CCc1ccc2c(c1-c1cc([Si](C)(C)C)cc([Si](C)(C)C)c1)C=C(C(C)CC)C2. The third kappa shape index (κ3) is 4.54. The van der Waals surface area contributed by atoms with Gasteiger partial charge in [0.1, 0.15) is 0 Å². The molecule has 0 aromatic heterocycles. The summed E-state index contributed by atoms with van der Waals surface area (Å²) >= 11 is 0. The second-order valence-corrected chi connectivity index (χ2v) is 21.2. The van der Waals surface area contributed by atoms with E-state index in [0.717, 1.165) is 12.8 Å². The van der Waals surface area contributed by atoms with Crippen LogP contribution in [-0.2, 0) is 12.8 Å². The molecule has 0 radical (unpaired) electrons. The van der Waals surface area contributed by atoms with Gasteiger partial charge >= 0.3 is 0 Å². The zero-order valence-corrected chi connectivity index (χ0v) is 22.2. The molecule has 0 saturated heterocycles. The summed E-state index contributed by atoms with van der Waals surface area (Å²) in [6.07, 6.45) is 5.98. The minimum Gasteiger partial charge on any atom is -0.0656 e. The normalized spacial score (nSPS) is 15.3. The lowest BCUT2D eigenvalue weighted by atomic mass is 9.91. The van der Waals surface area contributed by atoms with E-state index in [0.29, 0.717) is 5.92 Å². The molecular formula is C27H40Si2. The van der Waals surface area contributed by atoms with Crippen LogP contribution in [0.2, 0.25) is 39.3 Å². The van der Waals surface area contributed by atoms with Crippen LogP contribution >= 0.6 is 0 Å². The highest BCUT2D eigenvalue weighted by molar-refractivity contribution is 6.91. The van der Waals surface area contributed by atoms with Gasteiger partial charge in [0.05, 0.1) is 16.1 Å². The van der Waals surface area contributed by atoms with Gasteiger partial charge in [-0.25, -0.2) is 0 Å². The van der Waals surface area contributed by atoms with E-state index in [-0.39, 0.29) is 0 Å². The smallest absolute Gasteiger partial charge is 0.0656 e. The van der Waals surface area contributed by atoms with Gasteiger partial charge in [-0.3, -0.25) is 0 Å². The van der Waals surface area contributed by atoms with E-state index >= 15 is 0 Å². The van der Waals surface area contributed by atoms with Crippen LogP contribution in [0.3, 0.4) is 0 Å². The molecule has 0 bridgehead atoms. The van der Waals surface area contributed by atoms with Crippen molar-refractivity contribution in [2.75, 3.05) is 0 Å². The van der Waals surface area contributed by atoms with E-state index in [4.69, 9.17) is 0 Å². The highest BCUT2D eigenvalue weighted by Crippen LogP contribution is 2.39. The lowest BCUT2D eigenvalue weighted by molar-refractivity contribution is 0.647. The Labute approximate surface area is 181 Å². The lowest BCUT2D eigenvalue weighted by Crippen LogP contribution is -2.45. The van der Waals surface area contributed by atoms with Crippen molar-refractivity contribution in [3.63, 3.8) is 0 Å². The van der Waals surface area contributed by atoms with Crippen molar-refractivity contribution >= 4 is 32.6 Å². The van der Waals surface area contributed by atoms with Crippen molar-refractivity contribution in [2.24, 2.45) is 5.92 Å². The predicted octanol–water partition coefficient (Wildman–Crippen LogP) is 6.99. The first-order valence-electron chi connectivity index (χ1n) is 11.5. The van der Waals surface area contributed by atoms with Crippen molar-refractivity contribution in [3.05, 3.63) is 52.6 Å². The van der Waals surface area contributed by atoms with Gasteiger partial charge in [-0.1, -0.05) is 112 Å². The van der Waals surface area contributed by atoms with Crippen molar-refractivity contribution in [3.8, 4) is 11.1 Å². The highest BCUT2D eigenvalue weighted by atomic mass is 28.3. The van der Waals surface area contributed by atoms with Crippen LogP contribution in [0, 0.1) is 5.92 Å². The first-order chi connectivity index (χ1) is 13.5. The zero-order valence-electron chi connectivity index (χ0n) is 20.2. The number of hydrogen-bond acceptors (Lipinski definition) is 0. The number of rotatable bonds is 6. The maximum atomic E-state index is 2.55. The Morgan fingerprint density at radius 1 is 0.862 bits per heavy atom. The van der Waals surface area contributed by atoms with Gasteiger partial charge in [0.2, 0.25) is 0 Å². The van der Waals surface area contributed by atoms with Crippen LogP contribution in [0.1, 0.15) is 43.9 Å². The van der Waals surface area contributed by atoms with Crippen LogP contribution < -0.4 is 10.4 Å². The van der Waals surface area contributed by atoms with Gasteiger partial charge in [0.15, 0.2) is 0 Å². The number of benzene rings is 2. The summed E-state index contributed by atoms with van der Waals surface area (Å²) in [6, 6.07) is 12.4. The first kappa shape index (κ1) is 22.3. The molecule has 2 aromatic carbocycles. The Hall–Kier alpha value is -1.39. The van der Waals surface area contributed by atoms with Gasteiger partial charge in [-0.2, -0.15) is 0 Å². The fourth-order valence-electron chi connectivity index (χ4n) is 4.34. The fourth-order valence-corrected chi connectivity index (χ4v) is 6.83. The van der Waals surface area contributed by atoms with Crippen LogP contribution in [0.4, 0.5) is 0 Å². The standard InChI is InChI=1S/C27H40Si2/c1-10-19(3)22-14-21-13-12-20(11-2)27(26(21)17-22)23-15-24(28(4,5)6)18-25(16-23)29(7,8)9/h12-13,15-19H,10-11,14H2,1-9H3. The third-order valence-electron chi connectivity index (χ3n) is 6.73. The van der Waals surface area contributed by atoms with E-state index < -0.39 is 16.1 Å². The largest absolute Gasteiger partial charge is 0.0776 e. The second-order valence-electron chi connectivity index (χ2n) is 11.0. The molecular weight excluding hydrogens is 380 g/mol. The summed E-state index contributed by atoms with van der Waals surface area (Å²) in [5.74, 6) is 0.672. The first-order valence-corrected chi connectivity index (χ1v) is 18.5. The van der Waals surface area contributed by atoms with E-state index in [1.807, 2.05) is 0 Å². The van der Waals surface area contributed by atoms with Crippen molar-refractivity contribution in [2.45, 2.75) is 79.3 Å². The van der Waals surface area contributed by atoms with Gasteiger partial charge in [0.25, 0.3) is 0 Å². The quantitative estimate of drug-likeness (QED) is 0.442. The topological polar surface area (TPSA) is 0 Å². The summed E-state index contributed by atoms with van der Waals surface area (Å²) in [4.78, 5) is 0. The molecule has 0 spiro atoms. The molecule has 2 aromatic rings. The van der Waals surface area contributed by atoms with E-state index in [1.54, 1.807) is 15.9 Å². The molecule has 1 unspecified atom stereocenters. The van der Waals surface area contributed by atoms with Crippen LogP contribution in [0.5, 0.6) is 0 Å². The van der Waals surface area contributed by atoms with Crippen LogP contribution in [0.15, 0.2) is 35.9 Å². The number of allylic oxidation sites excluding steroid dienone is 1. The molecule has 29 heavy (non-hydrogen) atoms. The molecule has 1 aliphatic carbocycles. The van der Waals surface area contributed by atoms with Gasteiger partial charge < -0.3 is 0 Å². The van der Waals surface area contributed by atoms with Crippen molar-refractivity contribution < 1.29 is 0 Å². The summed E-state index contributed by atoms with van der Waals surface area (Å²) in [6.45, 7) is 21.9. The Kier molecular flexibility index (Phi) is 6.18. The van der Waals surface area contributed by atoms with E-state index in [9.17, 15) is 0 Å². The second kappa shape index (κ2) is 8.04. The van der Waals surface area contributed by atoms with Gasteiger partial charge in [-0.05, 0) is 53.0 Å². The molecule has 0 nitrogen and oxygen atoms in total. The fraction of sp³-hybridized carbons (Fsp3) is 0.481. The Bertz CT molecular complexity index is 904. The molecule has 0 amide bonds. The maximum Gasteiger partial charge on any atom is 0.0776 e. The molecule has 0 saturated carbocycles. The van der Waals surface area contributed by atoms with Crippen LogP contribution in [0.25, 0.3) is 17.2 Å².